The molecule has 1 atom stereocenters. The Kier molecular flexibility index (Phi) is 6.32. The van der Waals surface area contributed by atoms with Gasteiger partial charge in [-0.1, -0.05) is 18.2 Å². The fourth-order valence-corrected chi connectivity index (χ4v) is 3.24. The van der Waals surface area contributed by atoms with E-state index in [1.807, 2.05) is 25.1 Å². The summed E-state index contributed by atoms with van der Waals surface area (Å²) in [6.07, 6.45) is -0.00514. The number of para-hydroxylation sites is 1. The largest absolute Gasteiger partial charge is 0.495 e. The van der Waals surface area contributed by atoms with E-state index in [2.05, 4.69) is 5.32 Å². The van der Waals surface area contributed by atoms with Crippen molar-refractivity contribution in [2.45, 2.75) is 13.3 Å². The summed E-state index contributed by atoms with van der Waals surface area (Å²) in [5.74, 6) is -1.54. The summed E-state index contributed by atoms with van der Waals surface area (Å²) in [6.45, 7) is 1.55. The molecule has 1 aliphatic heterocycles. The monoisotopic (exact) mass is 407 g/mol. The Labute approximate surface area is 174 Å². The van der Waals surface area contributed by atoms with E-state index >= 15 is 0 Å². The fraction of sp³-hybridized carbons (Fsp3) is 0.273. The molecular weight excluding hydrogens is 386 g/mol. The normalized spacial score (nSPS) is 15.4. The highest BCUT2D eigenvalue weighted by Gasteiger charge is 2.37. The van der Waals surface area contributed by atoms with Crippen molar-refractivity contribution in [2.24, 2.45) is 5.92 Å². The number of anilines is 2. The van der Waals surface area contributed by atoms with Crippen LogP contribution < -0.4 is 15.0 Å². The Bertz CT molecular complexity index is 1030. The standard InChI is InChI=1S/C22H21N3O5/c1-14-7-8-19(29-2)18(9-14)25-12-16(10-21(25)27)22(28)30-13-20(26)24-17-6-4-3-5-15(17)11-23/h3-9,16H,10,12-13H2,1-2H3,(H,24,26)/t16-/m1/s1. The Balaban J connectivity index is 1.59. The van der Waals surface area contributed by atoms with Crippen molar-refractivity contribution in [3.05, 3.63) is 53.6 Å². The number of nitriles is 1. The lowest BCUT2D eigenvalue weighted by Crippen LogP contribution is -2.28. The molecule has 8 nitrogen and oxygen atoms in total. The van der Waals surface area contributed by atoms with Gasteiger partial charge in [-0.25, -0.2) is 0 Å². The molecule has 2 aromatic carbocycles. The third-order valence-corrected chi connectivity index (χ3v) is 4.75. The van der Waals surface area contributed by atoms with Crippen LogP contribution in [0.1, 0.15) is 17.5 Å². The SMILES string of the molecule is COc1ccc(C)cc1N1C[C@H](C(=O)OCC(=O)Nc2ccccc2C#N)CC1=O. The molecular formula is C22H21N3O5. The minimum absolute atomic E-state index is 0.00514. The van der Waals surface area contributed by atoms with Crippen molar-refractivity contribution in [3.63, 3.8) is 0 Å². The van der Waals surface area contributed by atoms with Crippen LogP contribution in [0.2, 0.25) is 0 Å². The number of carbonyl (C=O) groups is 3. The highest BCUT2D eigenvalue weighted by Crippen LogP contribution is 2.34. The van der Waals surface area contributed by atoms with Crippen molar-refractivity contribution < 1.29 is 23.9 Å². The molecule has 0 radical (unpaired) electrons. The zero-order valence-corrected chi connectivity index (χ0v) is 16.7. The second-order valence-corrected chi connectivity index (χ2v) is 6.89. The van der Waals surface area contributed by atoms with Crippen molar-refractivity contribution >= 4 is 29.2 Å². The lowest BCUT2D eigenvalue weighted by Gasteiger charge is -2.20. The zero-order chi connectivity index (χ0) is 21.7. The van der Waals surface area contributed by atoms with E-state index in [1.165, 1.54) is 12.0 Å². The van der Waals surface area contributed by atoms with E-state index in [-0.39, 0.29) is 18.9 Å². The van der Waals surface area contributed by atoms with Crippen LogP contribution in [0.15, 0.2) is 42.5 Å². The van der Waals surface area contributed by atoms with E-state index in [1.54, 1.807) is 30.3 Å². The second kappa shape index (κ2) is 9.09. The molecule has 0 spiro atoms. The minimum Gasteiger partial charge on any atom is -0.495 e. The number of nitrogens with zero attached hydrogens (tertiary/aromatic N) is 2. The predicted molar refractivity (Wildman–Crippen MR) is 109 cm³/mol. The molecule has 30 heavy (non-hydrogen) atoms. The Hall–Kier alpha value is -3.86. The summed E-state index contributed by atoms with van der Waals surface area (Å²) in [6, 6.07) is 14.0. The molecule has 1 aliphatic rings. The molecule has 0 bridgehead atoms. The summed E-state index contributed by atoms with van der Waals surface area (Å²) in [4.78, 5) is 38.5. The highest BCUT2D eigenvalue weighted by molar-refractivity contribution is 6.01. The molecule has 0 saturated carbocycles. The number of benzene rings is 2. The lowest BCUT2D eigenvalue weighted by molar-refractivity contribution is -0.151. The highest BCUT2D eigenvalue weighted by atomic mass is 16.5. The van der Waals surface area contributed by atoms with Crippen LogP contribution in [-0.2, 0) is 19.1 Å². The fourth-order valence-electron chi connectivity index (χ4n) is 3.24. The second-order valence-electron chi connectivity index (χ2n) is 6.89. The van der Waals surface area contributed by atoms with Gasteiger partial charge >= 0.3 is 5.97 Å². The molecule has 8 heteroatoms. The van der Waals surface area contributed by atoms with Crippen LogP contribution in [0.5, 0.6) is 5.75 Å². The predicted octanol–water partition coefficient (Wildman–Crippen LogP) is 2.41. The number of hydrogen-bond acceptors (Lipinski definition) is 6. The number of hydrogen-bond donors (Lipinski definition) is 1. The van der Waals surface area contributed by atoms with Gasteiger partial charge in [0, 0.05) is 13.0 Å². The summed E-state index contributed by atoms with van der Waals surface area (Å²) in [7, 11) is 1.52. The van der Waals surface area contributed by atoms with Crippen LogP contribution in [0.3, 0.4) is 0 Å². The Morgan fingerprint density at radius 3 is 2.77 bits per heavy atom. The van der Waals surface area contributed by atoms with Crippen molar-refractivity contribution in [1.29, 1.82) is 5.26 Å². The summed E-state index contributed by atoms with van der Waals surface area (Å²) in [5, 5.41) is 11.6. The number of methoxy groups -OCH3 is 1. The average molecular weight is 407 g/mol. The number of aryl methyl sites for hydroxylation is 1. The third kappa shape index (κ3) is 4.58. The maximum atomic E-state index is 12.5. The Morgan fingerprint density at radius 2 is 2.03 bits per heavy atom. The van der Waals surface area contributed by atoms with E-state index in [4.69, 9.17) is 14.7 Å². The van der Waals surface area contributed by atoms with Gasteiger partial charge in [0.1, 0.15) is 11.8 Å². The van der Waals surface area contributed by atoms with Gasteiger partial charge in [-0.2, -0.15) is 5.26 Å². The molecule has 0 aromatic heterocycles. The van der Waals surface area contributed by atoms with Gasteiger partial charge in [0.15, 0.2) is 6.61 Å². The maximum absolute atomic E-state index is 12.5. The first-order valence-corrected chi connectivity index (χ1v) is 9.33. The van der Waals surface area contributed by atoms with Crippen molar-refractivity contribution in [2.75, 3.05) is 30.5 Å². The molecule has 1 N–H and O–H groups in total. The molecule has 2 aromatic rings. The molecule has 1 fully saturated rings. The van der Waals surface area contributed by atoms with E-state index in [0.29, 0.717) is 22.7 Å². The van der Waals surface area contributed by atoms with E-state index in [0.717, 1.165) is 5.56 Å². The Morgan fingerprint density at radius 1 is 1.27 bits per heavy atom. The van der Waals surface area contributed by atoms with Crippen LogP contribution in [-0.4, -0.2) is 38.0 Å². The van der Waals surface area contributed by atoms with E-state index < -0.39 is 24.4 Å². The van der Waals surface area contributed by atoms with Crippen molar-refractivity contribution in [3.8, 4) is 11.8 Å². The molecule has 0 aliphatic carbocycles. The van der Waals surface area contributed by atoms with Crippen LogP contribution >= 0.6 is 0 Å². The number of carbonyl (C=O) groups excluding carboxylic acids is 3. The first-order valence-electron chi connectivity index (χ1n) is 9.33. The topological polar surface area (TPSA) is 109 Å². The summed E-state index contributed by atoms with van der Waals surface area (Å²) >= 11 is 0. The smallest absolute Gasteiger partial charge is 0.311 e. The number of nitrogens with one attached hydrogen (secondary N) is 1. The quantitative estimate of drug-likeness (QED) is 0.737. The zero-order valence-electron chi connectivity index (χ0n) is 16.7. The van der Waals surface area contributed by atoms with Gasteiger partial charge in [-0.05, 0) is 36.8 Å². The first kappa shape index (κ1) is 20.9. The van der Waals surface area contributed by atoms with Crippen LogP contribution in [0.25, 0.3) is 0 Å². The number of ether oxygens (including phenoxy) is 2. The minimum atomic E-state index is -0.679. The van der Waals surface area contributed by atoms with Crippen LogP contribution in [0, 0.1) is 24.2 Å². The number of esters is 1. The van der Waals surface area contributed by atoms with Gasteiger partial charge in [-0.15, -0.1) is 0 Å². The third-order valence-electron chi connectivity index (χ3n) is 4.75. The molecule has 0 unspecified atom stereocenters. The van der Waals surface area contributed by atoms with Gasteiger partial charge in [0.25, 0.3) is 5.91 Å². The maximum Gasteiger partial charge on any atom is 0.311 e. The van der Waals surface area contributed by atoms with Crippen molar-refractivity contribution in [1.82, 2.24) is 0 Å². The molecule has 1 heterocycles. The van der Waals surface area contributed by atoms with Gasteiger partial charge in [-0.3, -0.25) is 14.4 Å². The number of amides is 2. The molecule has 3 rings (SSSR count). The van der Waals surface area contributed by atoms with Gasteiger partial charge in [0.2, 0.25) is 5.91 Å². The van der Waals surface area contributed by atoms with Crippen LogP contribution in [0.4, 0.5) is 11.4 Å². The van der Waals surface area contributed by atoms with Gasteiger partial charge in [0.05, 0.1) is 30.0 Å². The first-order chi connectivity index (χ1) is 14.4. The molecule has 154 valence electrons. The molecule has 2 amide bonds. The average Bonchev–Trinajstić information content (AvgIpc) is 3.14. The summed E-state index contributed by atoms with van der Waals surface area (Å²) < 4.78 is 10.4. The molecule has 1 saturated heterocycles. The lowest BCUT2D eigenvalue weighted by atomic mass is 10.1. The summed E-state index contributed by atoms with van der Waals surface area (Å²) in [5.41, 5.74) is 2.21. The van der Waals surface area contributed by atoms with E-state index in [9.17, 15) is 14.4 Å². The van der Waals surface area contributed by atoms with Gasteiger partial charge < -0.3 is 19.7 Å². The number of rotatable bonds is 6.